The zero-order chi connectivity index (χ0) is 15.7. The van der Waals surface area contributed by atoms with Crippen LogP contribution in [0.2, 0.25) is 5.02 Å². The van der Waals surface area contributed by atoms with Crippen LogP contribution in [-0.4, -0.2) is 9.91 Å². The zero-order valence-electron chi connectivity index (χ0n) is 11.7. The summed E-state index contributed by atoms with van der Waals surface area (Å²) >= 11 is 5.86. The molecule has 3 rings (SSSR count). The van der Waals surface area contributed by atoms with E-state index in [0.717, 1.165) is 5.69 Å². The van der Waals surface area contributed by atoms with E-state index in [-0.39, 0.29) is 10.6 Å². The Hall–Kier alpha value is -2.66. The highest BCUT2D eigenvalue weighted by molar-refractivity contribution is 6.30. The molecule has 3 aromatic rings. The molecule has 5 nitrogen and oxygen atoms in total. The third-order valence-electron chi connectivity index (χ3n) is 3.41. The molecule has 2 aromatic carbocycles. The minimum Gasteiger partial charge on any atom is -0.340 e. The van der Waals surface area contributed by atoms with Crippen molar-refractivity contribution in [2.75, 3.05) is 5.32 Å². The van der Waals surface area contributed by atoms with Crippen molar-refractivity contribution in [3.63, 3.8) is 0 Å². The highest BCUT2D eigenvalue weighted by atomic mass is 35.5. The highest BCUT2D eigenvalue weighted by Crippen LogP contribution is 2.33. The molecular weight excluding hydrogens is 302 g/mol. The summed E-state index contributed by atoms with van der Waals surface area (Å²) in [5.74, 6) is 0.572. The van der Waals surface area contributed by atoms with Gasteiger partial charge >= 0.3 is 0 Å². The molecule has 0 aliphatic rings. The van der Waals surface area contributed by atoms with Crippen molar-refractivity contribution in [2.24, 2.45) is 0 Å². The van der Waals surface area contributed by atoms with Crippen LogP contribution in [0.25, 0.3) is 10.8 Å². The molecule has 110 valence electrons. The van der Waals surface area contributed by atoms with E-state index < -0.39 is 0 Å². The molecule has 0 saturated heterocycles. The maximum Gasteiger partial charge on any atom is 0.280 e. The van der Waals surface area contributed by atoms with Crippen molar-refractivity contribution in [1.29, 1.82) is 0 Å². The third kappa shape index (κ3) is 2.58. The van der Waals surface area contributed by atoms with E-state index in [4.69, 9.17) is 11.6 Å². The predicted octanol–water partition coefficient (Wildman–Crippen LogP) is 4.85. The fourth-order valence-electron chi connectivity index (χ4n) is 2.36. The van der Waals surface area contributed by atoms with Gasteiger partial charge in [-0.25, -0.2) is 4.98 Å². The molecule has 6 heteroatoms. The lowest BCUT2D eigenvalue weighted by atomic mass is 10.1. The fraction of sp³-hybridized carbons (Fsp3) is 0.0625. The van der Waals surface area contributed by atoms with Gasteiger partial charge in [-0.3, -0.25) is 10.1 Å². The fourth-order valence-corrected chi connectivity index (χ4v) is 2.49. The van der Waals surface area contributed by atoms with Gasteiger partial charge in [0.25, 0.3) is 5.69 Å². The van der Waals surface area contributed by atoms with Crippen LogP contribution in [-0.2, 0) is 0 Å². The number of rotatable bonds is 3. The van der Waals surface area contributed by atoms with E-state index >= 15 is 0 Å². The van der Waals surface area contributed by atoms with Crippen LogP contribution < -0.4 is 5.32 Å². The van der Waals surface area contributed by atoms with Crippen LogP contribution >= 0.6 is 11.6 Å². The van der Waals surface area contributed by atoms with E-state index in [1.807, 2.05) is 18.2 Å². The second-order valence-electron chi connectivity index (χ2n) is 4.87. The number of hydrogen-bond donors (Lipinski definition) is 1. The first-order valence-electron chi connectivity index (χ1n) is 6.61. The number of nitro benzene ring substituents is 1. The van der Waals surface area contributed by atoms with Gasteiger partial charge in [-0.2, -0.15) is 0 Å². The maximum absolute atomic E-state index is 11.3. The molecule has 0 aliphatic heterocycles. The molecule has 0 unspecified atom stereocenters. The Morgan fingerprint density at radius 1 is 1.09 bits per heavy atom. The summed E-state index contributed by atoms with van der Waals surface area (Å²) in [6, 6.07) is 12.4. The molecule has 1 aromatic heterocycles. The normalized spacial score (nSPS) is 10.6. The first kappa shape index (κ1) is 14.3. The lowest BCUT2D eigenvalue weighted by Crippen LogP contribution is -1.98. The minimum atomic E-state index is -0.357. The van der Waals surface area contributed by atoms with Crippen LogP contribution in [0.1, 0.15) is 5.56 Å². The van der Waals surface area contributed by atoms with Gasteiger partial charge in [-0.15, -0.1) is 0 Å². The van der Waals surface area contributed by atoms with Gasteiger partial charge in [0.15, 0.2) is 0 Å². The number of halogens is 1. The van der Waals surface area contributed by atoms with E-state index in [1.54, 1.807) is 37.4 Å². The van der Waals surface area contributed by atoms with Crippen molar-refractivity contribution in [3.05, 3.63) is 69.4 Å². The Balaban J connectivity index is 2.13. The number of nitro groups is 1. The van der Waals surface area contributed by atoms with Crippen LogP contribution in [0, 0.1) is 17.0 Å². The van der Waals surface area contributed by atoms with Gasteiger partial charge < -0.3 is 5.32 Å². The largest absolute Gasteiger partial charge is 0.340 e. The first-order chi connectivity index (χ1) is 10.6. The summed E-state index contributed by atoms with van der Waals surface area (Å²) in [6.45, 7) is 1.73. The lowest BCUT2D eigenvalue weighted by Gasteiger charge is -2.10. The summed E-state index contributed by atoms with van der Waals surface area (Å²) in [7, 11) is 0. The zero-order valence-corrected chi connectivity index (χ0v) is 12.5. The Morgan fingerprint density at radius 3 is 2.50 bits per heavy atom. The van der Waals surface area contributed by atoms with E-state index in [2.05, 4.69) is 10.3 Å². The Bertz CT molecular complexity index is 863. The van der Waals surface area contributed by atoms with Gasteiger partial charge in [0.05, 0.1) is 10.3 Å². The molecular formula is C16H12ClN3O2. The summed E-state index contributed by atoms with van der Waals surface area (Å²) in [6.07, 6.45) is 1.56. The van der Waals surface area contributed by atoms with Gasteiger partial charge in [0, 0.05) is 27.9 Å². The average Bonchev–Trinajstić information content (AvgIpc) is 2.49. The van der Waals surface area contributed by atoms with Crippen molar-refractivity contribution in [1.82, 2.24) is 4.98 Å². The second kappa shape index (κ2) is 5.61. The number of pyridine rings is 1. The summed E-state index contributed by atoms with van der Waals surface area (Å²) in [5, 5.41) is 16.4. The smallest absolute Gasteiger partial charge is 0.280 e. The maximum atomic E-state index is 11.3. The quantitative estimate of drug-likeness (QED) is 0.554. The number of nitrogens with zero attached hydrogens (tertiary/aromatic N) is 2. The average molecular weight is 314 g/mol. The monoisotopic (exact) mass is 313 g/mol. The number of benzene rings is 2. The highest BCUT2D eigenvalue weighted by Gasteiger charge is 2.17. The SMILES string of the molecule is Cc1ccc2c(Nc3ccc(Cl)cc3)nccc2c1[N+](=O)[O-]. The second-order valence-corrected chi connectivity index (χ2v) is 5.31. The number of anilines is 2. The Kier molecular flexibility index (Phi) is 3.65. The van der Waals surface area contributed by atoms with Crippen LogP contribution in [0.15, 0.2) is 48.7 Å². The molecule has 0 fully saturated rings. The Labute approximate surface area is 131 Å². The molecule has 0 bridgehead atoms. The van der Waals surface area contributed by atoms with Crippen LogP contribution in [0.3, 0.4) is 0 Å². The van der Waals surface area contributed by atoms with E-state index in [0.29, 0.717) is 27.2 Å². The number of aryl methyl sites for hydroxylation is 1. The molecule has 0 atom stereocenters. The van der Waals surface area contributed by atoms with Crippen molar-refractivity contribution in [2.45, 2.75) is 6.92 Å². The van der Waals surface area contributed by atoms with E-state index in [1.165, 1.54) is 0 Å². The summed E-state index contributed by atoms with van der Waals surface area (Å²) in [5.41, 5.74) is 1.55. The number of hydrogen-bond acceptors (Lipinski definition) is 4. The molecule has 0 aliphatic carbocycles. The molecule has 0 spiro atoms. The molecule has 0 saturated carbocycles. The van der Waals surface area contributed by atoms with Gasteiger partial charge in [-0.05, 0) is 43.3 Å². The first-order valence-corrected chi connectivity index (χ1v) is 6.99. The molecule has 1 heterocycles. The summed E-state index contributed by atoms with van der Waals surface area (Å²) in [4.78, 5) is 15.2. The van der Waals surface area contributed by atoms with Crippen LogP contribution in [0.5, 0.6) is 0 Å². The molecule has 1 N–H and O–H groups in total. The summed E-state index contributed by atoms with van der Waals surface area (Å²) < 4.78 is 0. The van der Waals surface area contributed by atoms with Crippen LogP contribution in [0.4, 0.5) is 17.2 Å². The van der Waals surface area contributed by atoms with Crippen molar-refractivity contribution >= 4 is 39.6 Å². The minimum absolute atomic E-state index is 0.110. The topological polar surface area (TPSA) is 68.1 Å². The van der Waals surface area contributed by atoms with Gasteiger partial charge in [-0.1, -0.05) is 17.7 Å². The van der Waals surface area contributed by atoms with E-state index in [9.17, 15) is 10.1 Å². The number of fused-ring (bicyclic) bond motifs is 1. The number of aromatic nitrogens is 1. The van der Waals surface area contributed by atoms with Crippen molar-refractivity contribution in [3.8, 4) is 0 Å². The number of nitrogens with one attached hydrogen (secondary N) is 1. The third-order valence-corrected chi connectivity index (χ3v) is 3.66. The molecule has 0 radical (unpaired) electrons. The molecule has 22 heavy (non-hydrogen) atoms. The van der Waals surface area contributed by atoms with Gasteiger partial charge in [0.2, 0.25) is 0 Å². The lowest BCUT2D eigenvalue weighted by molar-refractivity contribution is -0.383. The van der Waals surface area contributed by atoms with Crippen molar-refractivity contribution < 1.29 is 4.92 Å². The van der Waals surface area contributed by atoms with Gasteiger partial charge in [0.1, 0.15) is 5.82 Å². The predicted molar refractivity (Wildman–Crippen MR) is 87.9 cm³/mol. The Morgan fingerprint density at radius 2 is 1.82 bits per heavy atom. The molecule has 0 amide bonds. The standard InChI is InChI=1S/C16H12ClN3O2/c1-10-2-7-14-13(15(10)20(21)22)8-9-18-16(14)19-12-5-3-11(17)4-6-12/h2-9H,1H3,(H,18,19).